The summed E-state index contributed by atoms with van der Waals surface area (Å²) in [6.45, 7) is 0. The number of nitrogens with zero attached hydrogens (tertiary/aromatic N) is 1. The molecule has 0 saturated carbocycles. The predicted octanol–water partition coefficient (Wildman–Crippen LogP) is 1.88. The quantitative estimate of drug-likeness (QED) is 0.876. The predicted molar refractivity (Wildman–Crippen MR) is 58.4 cm³/mol. The van der Waals surface area contributed by atoms with E-state index in [0.29, 0.717) is 4.68 Å². The lowest BCUT2D eigenvalue weighted by atomic mass is 10.1. The molecule has 1 heterocycles. The Bertz CT molecular complexity index is 685. The van der Waals surface area contributed by atoms with Crippen LogP contribution in [-0.4, -0.2) is 20.9 Å². The Labute approximate surface area is 103 Å². The average Bonchev–Trinajstić information content (AvgIpc) is 2.70. The number of carboxylic acid groups (broad SMARTS) is 1. The first kappa shape index (κ1) is 12.9. The van der Waals surface area contributed by atoms with Gasteiger partial charge in [0.15, 0.2) is 0 Å². The monoisotopic (exact) mass is 272 g/mol. The summed E-state index contributed by atoms with van der Waals surface area (Å²) in [4.78, 5) is 22.4. The zero-order valence-electron chi connectivity index (χ0n) is 9.23. The van der Waals surface area contributed by atoms with Crippen LogP contribution < -0.4 is 5.56 Å². The number of carbonyl (C=O) groups is 1. The largest absolute Gasteiger partial charge is 0.477 e. The zero-order chi connectivity index (χ0) is 14.2. The number of aromatic carboxylic acids is 1. The van der Waals surface area contributed by atoms with Gasteiger partial charge in [-0.05, 0) is 12.1 Å². The van der Waals surface area contributed by atoms with Crippen molar-refractivity contribution in [1.29, 1.82) is 0 Å². The summed E-state index contributed by atoms with van der Waals surface area (Å²) in [5.41, 5.74) is -3.16. The van der Waals surface area contributed by atoms with Gasteiger partial charge in [-0.3, -0.25) is 9.89 Å². The molecule has 2 N–H and O–H groups in total. The van der Waals surface area contributed by atoms with E-state index >= 15 is 0 Å². The fourth-order valence-electron chi connectivity index (χ4n) is 1.61. The maximum Gasteiger partial charge on any atom is 0.418 e. The Hall–Kier alpha value is -2.51. The van der Waals surface area contributed by atoms with E-state index in [1.165, 1.54) is 12.1 Å². The van der Waals surface area contributed by atoms with Gasteiger partial charge < -0.3 is 5.11 Å². The fourth-order valence-corrected chi connectivity index (χ4v) is 1.61. The van der Waals surface area contributed by atoms with Gasteiger partial charge in [0.1, 0.15) is 5.56 Å². The molecule has 0 bridgehead atoms. The van der Waals surface area contributed by atoms with Crippen LogP contribution in [0.5, 0.6) is 0 Å². The number of hydrogen-bond acceptors (Lipinski definition) is 2. The molecule has 0 radical (unpaired) electrons. The summed E-state index contributed by atoms with van der Waals surface area (Å²) >= 11 is 0. The van der Waals surface area contributed by atoms with Crippen molar-refractivity contribution in [3.63, 3.8) is 0 Å². The van der Waals surface area contributed by atoms with E-state index in [1.54, 1.807) is 0 Å². The minimum atomic E-state index is -4.65. The fraction of sp³-hybridized carbons (Fsp3) is 0.0909. The van der Waals surface area contributed by atoms with E-state index in [1.807, 2.05) is 0 Å². The SMILES string of the molecule is O=C(O)c1c[nH]n(-c2ccccc2C(F)(F)F)c1=O. The van der Waals surface area contributed by atoms with Gasteiger partial charge in [0.2, 0.25) is 0 Å². The third-order valence-corrected chi connectivity index (χ3v) is 2.45. The first-order chi connectivity index (χ1) is 8.82. The maximum absolute atomic E-state index is 12.8. The molecule has 5 nitrogen and oxygen atoms in total. The molecule has 100 valence electrons. The van der Waals surface area contributed by atoms with Crippen LogP contribution in [-0.2, 0) is 6.18 Å². The highest BCUT2D eigenvalue weighted by Gasteiger charge is 2.34. The zero-order valence-corrected chi connectivity index (χ0v) is 9.23. The number of hydrogen-bond donors (Lipinski definition) is 2. The van der Waals surface area contributed by atoms with Crippen molar-refractivity contribution in [3.05, 3.63) is 51.9 Å². The van der Waals surface area contributed by atoms with Gasteiger partial charge in [0.25, 0.3) is 5.56 Å². The molecule has 0 saturated heterocycles. The van der Waals surface area contributed by atoms with Gasteiger partial charge in [0, 0.05) is 6.20 Å². The van der Waals surface area contributed by atoms with Gasteiger partial charge in [-0.15, -0.1) is 0 Å². The smallest absolute Gasteiger partial charge is 0.418 e. The number of nitrogens with one attached hydrogen (secondary N) is 1. The number of halogens is 3. The molecule has 2 rings (SSSR count). The Balaban J connectivity index is 2.67. The van der Waals surface area contributed by atoms with Crippen molar-refractivity contribution >= 4 is 5.97 Å². The van der Waals surface area contributed by atoms with E-state index in [4.69, 9.17) is 5.11 Å². The molecule has 0 aliphatic carbocycles. The first-order valence-corrected chi connectivity index (χ1v) is 5.02. The Kier molecular flexibility index (Phi) is 2.93. The molecule has 0 spiro atoms. The maximum atomic E-state index is 12.8. The number of aromatic amines is 1. The van der Waals surface area contributed by atoms with Crippen molar-refractivity contribution in [2.45, 2.75) is 6.18 Å². The Morgan fingerprint density at radius 3 is 2.42 bits per heavy atom. The van der Waals surface area contributed by atoms with Gasteiger partial charge in [-0.2, -0.15) is 13.2 Å². The molecule has 1 aromatic carbocycles. The van der Waals surface area contributed by atoms with Crippen LogP contribution in [0, 0.1) is 0 Å². The van der Waals surface area contributed by atoms with E-state index in [9.17, 15) is 22.8 Å². The first-order valence-electron chi connectivity index (χ1n) is 5.02. The number of para-hydroxylation sites is 1. The summed E-state index contributed by atoms with van der Waals surface area (Å²) in [5, 5.41) is 10.9. The van der Waals surface area contributed by atoms with Crippen LogP contribution in [0.1, 0.15) is 15.9 Å². The minimum absolute atomic E-state index is 0.451. The molecule has 0 aliphatic heterocycles. The molecule has 8 heteroatoms. The summed E-state index contributed by atoms with van der Waals surface area (Å²) < 4.78 is 38.9. The topological polar surface area (TPSA) is 75.1 Å². The normalized spacial score (nSPS) is 11.5. The van der Waals surface area contributed by atoms with Crippen LogP contribution in [0.25, 0.3) is 5.69 Å². The van der Waals surface area contributed by atoms with Gasteiger partial charge in [-0.1, -0.05) is 12.1 Å². The lowest BCUT2D eigenvalue weighted by Gasteiger charge is -2.12. The van der Waals surface area contributed by atoms with E-state index in [-0.39, 0.29) is 0 Å². The summed E-state index contributed by atoms with van der Waals surface area (Å²) in [6.07, 6.45) is -3.80. The van der Waals surface area contributed by atoms with Crippen molar-refractivity contribution in [2.75, 3.05) is 0 Å². The van der Waals surface area contributed by atoms with E-state index < -0.39 is 34.5 Å². The third-order valence-electron chi connectivity index (χ3n) is 2.45. The summed E-state index contributed by atoms with van der Waals surface area (Å²) in [5.74, 6) is -1.51. The third kappa shape index (κ3) is 2.24. The highest BCUT2D eigenvalue weighted by atomic mass is 19.4. The number of alkyl halides is 3. The number of benzene rings is 1. The molecule has 0 unspecified atom stereocenters. The van der Waals surface area contributed by atoms with Crippen molar-refractivity contribution in [3.8, 4) is 5.69 Å². The average molecular weight is 272 g/mol. The molecule has 0 amide bonds. The van der Waals surface area contributed by atoms with Gasteiger partial charge >= 0.3 is 12.1 Å². The van der Waals surface area contributed by atoms with Crippen LogP contribution in [0.4, 0.5) is 13.2 Å². The lowest BCUT2D eigenvalue weighted by molar-refractivity contribution is -0.137. The second-order valence-corrected chi connectivity index (χ2v) is 3.65. The van der Waals surface area contributed by atoms with Crippen LogP contribution in [0.2, 0.25) is 0 Å². The van der Waals surface area contributed by atoms with Crippen molar-refractivity contribution in [2.24, 2.45) is 0 Å². The second-order valence-electron chi connectivity index (χ2n) is 3.65. The minimum Gasteiger partial charge on any atom is -0.477 e. The molecule has 2 aromatic rings. The molecule has 0 aliphatic rings. The highest BCUT2D eigenvalue weighted by molar-refractivity contribution is 5.86. The van der Waals surface area contributed by atoms with Crippen molar-refractivity contribution < 1.29 is 23.1 Å². The van der Waals surface area contributed by atoms with Crippen molar-refractivity contribution in [1.82, 2.24) is 9.78 Å². The van der Waals surface area contributed by atoms with E-state index in [0.717, 1.165) is 18.3 Å². The molecule has 0 fully saturated rings. The summed E-state index contributed by atoms with van der Waals surface area (Å²) in [7, 11) is 0. The number of carboxylic acids is 1. The second kappa shape index (κ2) is 4.30. The molecule has 1 aromatic heterocycles. The van der Waals surface area contributed by atoms with Crippen LogP contribution >= 0.6 is 0 Å². The lowest BCUT2D eigenvalue weighted by Crippen LogP contribution is -2.22. The molecule has 19 heavy (non-hydrogen) atoms. The molecule has 0 atom stereocenters. The van der Waals surface area contributed by atoms with Gasteiger partial charge in [-0.25, -0.2) is 9.48 Å². The number of H-pyrrole nitrogens is 1. The van der Waals surface area contributed by atoms with Gasteiger partial charge in [0.05, 0.1) is 11.3 Å². The summed E-state index contributed by atoms with van der Waals surface area (Å²) in [6, 6.07) is 4.38. The van der Waals surface area contributed by atoms with E-state index in [2.05, 4.69) is 5.10 Å². The molecular weight excluding hydrogens is 265 g/mol. The highest BCUT2D eigenvalue weighted by Crippen LogP contribution is 2.32. The number of rotatable bonds is 2. The Morgan fingerprint density at radius 1 is 1.26 bits per heavy atom. The molecular formula is C11H7F3N2O3. The van der Waals surface area contributed by atoms with Crippen LogP contribution in [0.15, 0.2) is 35.3 Å². The standard InChI is InChI=1S/C11H7F3N2O3/c12-11(13,14)7-3-1-2-4-8(7)16-9(17)6(5-15-16)10(18)19/h1-5,15H,(H,18,19). The van der Waals surface area contributed by atoms with Crippen LogP contribution in [0.3, 0.4) is 0 Å². The number of aromatic nitrogens is 2. The Morgan fingerprint density at radius 2 is 1.89 bits per heavy atom.